The molecule has 0 saturated heterocycles. The van der Waals surface area contributed by atoms with Gasteiger partial charge in [-0.2, -0.15) is 0 Å². The van der Waals surface area contributed by atoms with Crippen molar-refractivity contribution >= 4 is 11.3 Å². The number of hydrogen-bond acceptors (Lipinski definition) is 3. The van der Waals surface area contributed by atoms with E-state index in [4.69, 9.17) is 0 Å². The van der Waals surface area contributed by atoms with Crippen LogP contribution in [0.25, 0.3) is 10.7 Å². The SMILES string of the molecule is CCCc1csc(-c2ncccc2C)n1. The van der Waals surface area contributed by atoms with Gasteiger partial charge in [-0.25, -0.2) is 4.98 Å². The van der Waals surface area contributed by atoms with Gasteiger partial charge < -0.3 is 0 Å². The smallest absolute Gasteiger partial charge is 0.142 e. The van der Waals surface area contributed by atoms with Crippen LogP contribution in [-0.2, 0) is 6.42 Å². The predicted octanol–water partition coefficient (Wildman–Crippen LogP) is 3.47. The Kier molecular flexibility index (Phi) is 3.11. The number of aromatic nitrogens is 2. The Balaban J connectivity index is 2.33. The number of rotatable bonds is 3. The summed E-state index contributed by atoms with van der Waals surface area (Å²) in [5.74, 6) is 0. The van der Waals surface area contributed by atoms with E-state index in [1.165, 1.54) is 11.3 Å². The first-order valence-electron chi connectivity index (χ1n) is 5.17. The molecule has 2 aromatic rings. The largest absolute Gasteiger partial charge is 0.253 e. The van der Waals surface area contributed by atoms with E-state index in [1.54, 1.807) is 11.3 Å². The summed E-state index contributed by atoms with van der Waals surface area (Å²) in [6, 6.07) is 4.03. The van der Waals surface area contributed by atoms with Crippen molar-refractivity contribution in [3.8, 4) is 10.7 Å². The minimum atomic E-state index is 1.02. The van der Waals surface area contributed by atoms with Crippen LogP contribution < -0.4 is 0 Å². The molecule has 15 heavy (non-hydrogen) atoms. The molecule has 0 N–H and O–H groups in total. The molecule has 2 nitrogen and oxygen atoms in total. The Morgan fingerprint density at radius 2 is 2.27 bits per heavy atom. The van der Waals surface area contributed by atoms with Crippen molar-refractivity contribution in [1.29, 1.82) is 0 Å². The molecule has 2 heterocycles. The molecule has 0 fully saturated rings. The van der Waals surface area contributed by atoms with E-state index in [0.717, 1.165) is 23.5 Å². The van der Waals surface area contributed by atoms with Gasteiger partial charge in [-0.3, -0.25) is 4.98 Å². The lowest BCUT2D eigenvalue weighted by Gasteiger charge is -1.98. The highest BCUT2D eigenvalue weighted by Crippen LogP contribution is 2.24. The van der Waals surface area contributed by atoms with Crippen LogP contribution in [0.2, 0.25) is 0 Å². The van der Waals surface area contributed by atoms with Gasteiger partial charge >= 0.3 is 0 Å². The average Bonchev–Trinajstić information content (AvgIpc) is 2.68. The first-order chi connectivity index (χ1) is 7.31. The van der Waals surface area contributed by atoms with Crippen LogP contribution in [0.5, 0.6) is 0 Å². The van der Waals surface area contributed by atoms with Crippen LogP contribution in [0, 0.1) is 6.92 Å². The van der Waals surface area contributed by atoms with Crippen LogP contribution in [0.4, 0.5) is 0 Å². The fraction of sp³-hybridized carbons (Fsp3) is 0.333. The summed E-state index contributed by atoms with van der Waals surface area (Å²) in [7, 11) is 0. The van der Waals surface area contributed by atoms with Crippen molar-refractivity contribution in [3.63, 3.8) is 0 Å². The maximum atomic E-state index is 4.59. The molecule has 0 aliphatic heterocycles. The summed E-state index contributed by atoms with van der Waals surface area (Å²) in [4.78, 5) is 8.96. The molecule has 0 aliphatic carbocycles. The molecular weight excluding hydrogens is 204 g/mol. The molecule has 0 amide bonds. The molecule has 2 rings (SSSR count). The summed E-state index contributed by atoms with van der Waals surface area (Å²) in [5.41, 5.74) is 3.39. The van der Waals surface area contributed by atoms with Crippen molar-refractivity contribution in [1.82, 2.24) is 9.97 Å². The quantitative estimate of drug-likeness (QED) is 0.788. The Morgan fingerprint density at radius 1 is 1.40 bits per heavy atom. The molecule has 0 unspecified atom stereocenters. The Labute approximate surface area is 94.0 Å². The topological polar surface area (TPSA) is 25.8 Å². The Hall–Kier alpha value is -1.22. The molecule has 0 aliphatic rings. The van der Waals surface area contributed by atoms with Crippen molar-refractivity contribution in [2.75, 3.05) is 0 Å². The molecule has 3 heteroatoms. The number of thiazole rings is 1. The third-order valence-corrected chi connectivity index (χ3v) is 3.17. The maximum absolute atomic E-state index is 4.59. The zero-order valence-corrected chi connectivity index (χ0v) is 9.84. The summed E-state index contributed by atoms with van der Waals surface area (Å²) in [6.45, 7) is 4.24. The molecule has 0 aromatic carbocycles. The molecule has 78 valence electrons. The van der Waals surface area contributed by atoms with E-state index in [0.29, 0.717) is 0 Å². The summed E-state index contributed by atoms with van der Waals surface area (Å²) in [6.07, 6.45) is 4.02. The van der Waals surface area contributed by atoms with Gasteiger partial charge in [0.15, 0.2) is 0 Å². The normalized spacial score (nSPS) is 10.5. The van der Waals surface area contributed by atoms with Crippen LogP contribution in [0.15, 0.2) is 23.7 Å². The molecule has 0 saturated carbocycles. The monoisotopic (exact) mass is 218 g/mol. The highest BCUT2D eigenvalue weighted by atomic mass is 32.1. The average molecular weight is 218 g/mol. The molecule has 0 bridgehead atoms. The standard InChI is InChI=1S/C12H14N2S/c1-3-5-10-8-15-12(14-10)11-9(2)6-4-7-13-11/h4,6-8H,3,5H2,1-2H3. The second kappa shape index (κ2) is 4.53. The van der Waals surface area contributed by atoms with E-state index in [1.807, 2.05) is 12.3 Å². The van der Waals surface area contributed by atoms with E-state index < -0.39 is 0 Å². The van der Waals surface area contributed by atoms with Gasteiger partial charge in [-0.1, -0.05) is 19.4 Å². The minimum absolute atomic E-state index is 1.02. The summed E-state index contributed by atoms with van der Waals surface area (Å²) in [5, 5.41) is 3.17. The highest BCUT2D eigenvalue weighted by Gasteiger charge is 2.07. The molecule has 2 aromatic heterocycles. The zero-order chi connectivity index (χ0) is 10.7. The van der Waals surface area contributed by atoms with Gasteiger partial charge in [0.25, 0.3) is 0 Å². The second-order valence-corrected chi connectivity index (χ2v) is 4.42. The van der Waals surface area contributed by atoms with Crippen LogP contribution in [-0.4, -0.2) is 9.97 Å². The van der Waals surface area contributed by atoms with Gasteiger partial charge in [0.2, 0.25) is 0 Å². The summed E-state index contributed by atoms with van der Waals surface area (Å²) < 4.78 is 0. The zero-order valence-electron chi connectivity index (χ0n) is 9.03. The molecular formula is C12H14N2S. The van der Waals surface area contributed by atoms with Crippen molar-refractivity contribution in [3.05, 3.63) is 35.0 Å². The highest BCUT2D eigenvalue weighted by molar-refractivity contribution is 7.13. The lowest BCUT2D eigenvalue weighted by atomic mass is 10.2. The van der Waals surface area contributed by atoms with Gasteiger partial charge in [0.05, 0.1) is 5.69 Å². The molecule has 0 radical (unpaired) electrons. The predicted molar refractivity (Wildman–Crippen MR) is 64.1 cm³/mol. The number of aryl methyl sites for hydroxylation is 2. The molecule has 0 atom stereocenters. The fourth-order valence-electron chi connectivity index (χ4n) is 1.50. The van der Waals surface area contributed by atoms with Gasteiger partial charge in [0, 0.05) is 11.6 Å². The first-order valence-corrected chi connectivity index (χ1v) is 6.05. The van der Waals surface area contributed by atoms with Gasteiger partial charge in [-0.15, -0.1) is 11.3 Å². The fourth-order valence-corrected chi connectivity index (χ4v) is 2.41. The van der Waals surface area contributed by atoms with Crippen LogP contribution >= 0.6 is 11.3 Å². The van der Waals surface area contributed by atoms with Crippen molar-refractivity contribution in [2.45, 2.75) is 26.7 Å². The van der Waals surface area contributed by atoms with Crippen LogP contribution in [0.1, 0.15) is 24.6 Å². The third-order valence-electron chi connectivity index (χ3n) is 2.27. The van der Waals surface area contributed by atoms with Crippen molar-refractivity contribution < 1.29 is 0 Å². The number of hydrogen-bond donors (Lipinski definition) is 0. The van der Waals surface area contributed by atoms with Gasteiger partial charge in [-0.05, 0) is 25.0 Å². The van der Waals surface area contributed by atoms with Gasteiger partial charge in [0.1, 0.15) is 10.7 Å². The lowest BCUT2D eigenvalue weighted by molar-refractivity contribution is 0.893. The minimum Gasteiger partial charge on any atom is -0.253 e. The maximum Gasteiger partial charge on any atom is 0.142 e. The first kappa shape index (κ1) is 10.3. The number of nitrogens with zero attached hydrogens (tertiary/aromatic N) is 2. The van der Waals surface area contributed by atoms with Crippen molar-refractivity contribution in [2.24, 2.45) is 0 Å². The van der Waals surface area contributed by atoms with Crippen LogP contribution in [0.3, 0.4) is 0 Å². The lowest BCUT2D eigenvalue weighted by Crippen LogP contribution is -1.88. The van der Waals surface area contributed by atoms with E-state index in [-0.39, 0.29) is 0 Å². The Bertz CT molecular complexity index is 448. The van der Waals surface area contributed by atoms with E-state index in [9.17, 15) is 0 Å². The second-order valence-electron chi connectivity index (χ2n) is 3.56. The van der Waals surface area contributed by atoms with E-state index >= 15 is 0 Å². The van der Waals surface area contributed by atoms with E-state index in [2.05, 4.69) is 35.3 Å². The summed E-state index contributed by atoms with van der Waals surface area (Å²) >= 11 is 1.68. The Morgan fingerprint density at radius 3 is 3.00 bits per heavy atom. The third kappa shape index (κ3) is 2.23. The number of pyridine rings is 1. The molecule has 0 spiro atoms.